The number of unbranched alkanes of at least 4 members (excludes halogenated alkanes) is 42. The summed E-state index contributed by atoms with van der Waals surface area (Å²) in [6.07, 6.45) is 59.6. The third kappa shape index (κ3) is 79.8. The Bertz CT molecular complexity index is 724. The Morgan fingerprint density at radius 3 is 0.419 bits per heavy atom. The van der Waals surface area contributed by atoms with E-state index in [0.29, 0.717) is 0 Å². The summed E-state index contributed by atoms with van der Waals surface area (Å²) >= 11 is 0. The molecule has 62 heavy (non-hydrogen) atoms. The van der Waals surface area contributed by atoms with Crippen LogP contribution in [0.5, 0.6) is 0 Å². The Morgan fingerprint density at radius 1 is 0.226 bits per heavy atom. The van der Waals surface area contributed by atoms with Gasteiger partial charge >= 0.3 is 35.5 Å². The number of carbonyl (C=O) groups is 3. The summed E-state index contributed by atoms with van der Waals surface area (Å²) in [4.78, 5) is 30.7. The van der Waals surface area contributed by atoms with Gasteiger partial charge in [-0.3, -0.25) is 0 Å². The summed E-state index contributed by atoms with van der Waals surface area (Å²) in [6.45, 7) is 6.80. The normalized spacial score (nSPS) is 10.5. The molecule has 0 aromatic heterocycles. The van der Waals surface area contributed by atoms with Crippen molar-refractivity contribution in [2.45, 2.75) is 329 Å². The van der Waals surface area contributed by atoms with E-state index in [1.54, 1.807) is 0 Å². The molecule has 0 amide bonds. The van der Waals surface area contributed by atoms with Crippen LogP contribution in [0.2, 0.25) is 0 Å². The predicted molar refractivity (Wildman–Crippen MR) is 259 cm³/mol. The Kier molecular flexibility index (Phi) is 76.2. The fraction of sp³-hybridized carbons (Fsp3) is 0.944. The van der Waals surface area contributed by atoms with E-state index in [1.165, 1.54) is 250 Å². The third-order valence-corrected chi connectivity index (χ3v) is 12.0. The van der Waals surface area contributed by atoms with E-state index < -0.39 is 17.9 Å². The van der Waals surface area contributed by atoms with Gasteiger partial charge < -0.3 is 29.7 Å². The fourth-order valence-corrected chi connectivity index (χ4v) is 7.92. The van der Waals surface area contributed by atoms with Gasteiger partial charge in [-0.1, -0.05) is 290 Å². The number of aliphatic carboxylic acids is 3. The maximum absolute atomic E-state index is 10.2. The molecule has 8 heteroatoms. The van der Waals surface area contributed by atoms with E-state index >= 15 is 0 Å². The molecule has 6 nitrogen and oxygen atoms in total. The maximum atomic E-state index is 10.2. The monoisotopic (exact) mass is 909 g/mol. The molecule has 0 aliphatic heterocycles. The van der Waals surface area contributed by atoms with E-state index in [-0.39, 0.29) is 54.7 Å². The molecule has 0 N–H and O–H groups in total. The first kappa shape index (κ1) is 70.5. The standard InChI is InChI=1S/3C18H36O2.Cl.Mg/c3*1-2-3-4-5-6-7-8-9-10-11-12-13-14-15-16-17-18(19)20;;/h3*2-17H2,1H3,(H,19,20);;/q;;;+1;+2/p-3. The molecule has 2 radical (unpaired) electrons. The molecule has 0 bridgehead atoms. The van der Waals surface area contributed by atoms with E-state index in [2.05, 4.69) is 20.8 Å². The Morgan fingerprint density at radius 2 is 0.323 bits per heavy atom. The Balaban J connectivity index is -0.000000258. The quantitative estimate of drug-likeness (QED) is 0.0443. The zero-order valence-electron chi connectivity index (χ0n) is 42.0. The zero-order valence-corrected chi connectivity index (χ0v) is 44.1. The van der Waals surface area contributed by atoms with Crippen molar-refractivity contribution in [1.29, 1.82) is 0 Å². The molecule has 0 fully saturated rings. The van der Waals surface area contributed by atoms with Crippen LogP contribution in [0, 0.1) is 12.4 Å². The van der Waals surface area contributed by atoms with Crippen molar-refractivity contribution < 1.29 is 42.1 Å². The van der Waals surface area contributed by atoms with Crippen LogP contribution in [0.4, 0.5) is 0 Å². The minimum atomic E-state index is -0.903. The van der Waals surface area contributed by atoms with E-state index in [0.717, 1.165) is 38.5 Å². The SMILES string of the molecule is CCCCCCCCCCCCCCCCCC(=O)[O-].CCCCCCCCCCCCCCCCCC(=O)[O-].CCCCCCCCCCCCCCCCCC(=O)[O-].[Cl+].[Mg+2]. The van der Waals surface area contributed by atoms with Gasteiger partial charge in [-0.2, -0.15) is 0 Å². The van der Waals surface area contributed by atoms with Gasteiger partial charge in [0.15, 0.2) is 0 Å². The summed E-state index contributed by atoms with van der Waals surface area (Å²) < 4.78 is 0. The van der Waals surface area contributed by atoms with Crippen LogP contribution >= 0.6 is 0 Å². The van der Waals surface area contributed by atoms with Crippen molar-refractivity contribution in [2.75, 3.05) is 0 Å². The number of rotatable bonds is 48. The zero-order chi connectivity index (χ0) is 44.7. The van der Waals surface area contributed by atoms with E-state index in [9.17, 15) is 29.7 Å². The maximum Gasteiger partial charge on any atom is 2.00 e. The summed E-state index contributed by atoms with van der Waals surface area (Å²) in [5.74, 6) is -2.71. The van der Waals surface area contributed by atoms with Crippen molar-refractivity contribution in [3.05, 3.63) is 0 Å². The Labute approximate surface area is 409 Å². The first-order valence-electron chi connectivity index (χ1n) is 26.9. The molecule has 0 aromatic carbocycles. The van der Waals surface area contributed by atoms with E-state index in [1.807, 2.05) is 0 Å². The van der Waals surface area contributed by atoms with Crippen molar-refractivity contribution in [3.63, 3.8) is 0 Å². The molecule has 0 aromatic rings. The van der Waals surface area contributed by atoms with Gasteiger partial charge in [-0.15, -0.1) is 0 Å². The number of hydrogen-bond acceptors (Lipinski definition) is 6. The summed E-state index contributed by atoms with van der Waals surface area (Å²) in [6, 6.07) is 0. The Hall–Kier alpha value is -0.534. The minimum Gasteiger partial charge on any atom is -0.550 e. The number of halogens is 1. The molecule has 0 spiro atoms. The van der Waals surface area contributed by atoms with Crippen LogP contribution in [0.25, 0.3) is 0 Å². The summed E-state index contributed by atoms with van der Waals surface area (Å²) in [5, 5.41) is 30.7. The van der Waals surface area contributed by atoms with Gasteiger partial charge in [0.1, 0.15) is 0 Å². The van der Waals surface area contributed by atoms with Crippen LogP contribution in [0.3, 0.4) is 0 Å². The molecule has 0 atom stereocenters. The number of carbonyl (C=O) groups excluding carboxylic acids is 3. The largest absolute Gasteiger partial charge is 2.00 e. The molecule has 0 aliphatic carbocycles. The predicted octanol–water partition coefficient (Wildman–Crippen LogP) is 14.6. The summed E-state index contributed by atoms with van der Waals surface area (Å²) in [7, 11) is 0. The first-order valence-corrected chi connectivity index (χ1v) is 26.9. The molecule has 0 aliphatic rings. The summed E-state index contributed by atoms with van der Waals surface area (Å²) in [5.41, 5.74) is 0. The van der Waals surface area contributed by atoms with Crippen LogP contribution in [0.15, 0.2) is 0 Å². The average Bonchev–Trinajstić information content (AvgIpc) is 3.22. The van der Waals surface area contributed by atoms with Gasteiger partial charge in [0.2, 0.25) is 0 Å². The molecule has 0 heterocycles. The van der Waals surface area contributed by atoms with Crippen molar-refractivity contribution in [3.8, 4) is 0 Å². The van der Waals surface area contributed by atoms with Gasteiger partial charge in [-0.05, 0) is 38.5 Å². The van der Waals surface area contributed by atoms with Crippen LogP contribution in [-0.2, 0) is 14.4 Å². The molecule has 0 saturated heterocycles. The molecule has 0 rings (SSSR count). The number of carboxylic acids is 3. The van der Waals surface area contributed by atoms with Gasteiger partial charge in [0, 0.05) is 17.9 Å². The third-order valence-electron chi connectivity index (χ3n) is 12.0. The van der Waals surface area contributed by atoms with Gasteiger partial charge in [0.05, 0.1) is 0 Å². The average molecular weight is 910 g/mol. The molecular weight excluding hydrogens is 804 g/mol. The fourth-order valence-electron chi connectivity index (χ4n) is 7.92. The van der Waals surface area contributed by atoms with E-state index in [4.69, 9.17) is 0 Å². The topological polar surface area (TPSA) is 120 Å². The van der Waals surface area contributed by atoms with Gasteiger partial charge in [-0.25, -0.2) is 0 Å². The first-order chi connectivity index (χ1) is 29.3. The molecule has 0 saturated carbocycles. The minimum absolute atomic E-state index is 0. The second kappa shape index (κ2) is 67.1. The van der Waals surface area contributed by atoms with Crippen molar-refractivity contribution >= 4 is 41.0 Å². The van der Waals surface area contributed by atoms with Crippen LogP contribution in [-0.4, -0.2) is 41.0 Å². The molecular formula is C54H105ClMgO6. The number of hydrogen-bond donors (Lipinski definition) is 0. The number of carboxylic acid groups (broad SMARTS) is 3. The van der Waals surface area contributed by atoms with Crippen LogP contribution in [0.1, 0.15) is 329 Å². The van der Waals surface area contributed by atoms with Crippen molar-refractivity contribution in [1.82, 2.24) is 0 Å². The molecule has 0 unspecified atom stereocenters. The van der Waals surface area contributed by atoms with Crippen molar-refractivity contribution in [2.24, 2.45) is 0 Å². The smallest absolute Gasteiger partial charge is 0.550 e. The van der Waals surface area contributed by atoms with Crippen LogP contribution < -0.4 is 15.3 Å². The molecule has 366 valence electrons. The second-order valence-corrected chi connectivity index (χ2v) is 18.2. The second-order valence-electron chi connectivity index (χ2n) is 18.2. The van der Waals surface area contributed by atoms with Gasteiger partial charge in [0.25, 0.3) is 0 Å².